The second-order valence-electron chi connectivity index (χ2n) is 13.6. The number of carbonyl (C=O) groups excluding carboxylic acids is 5. The zero-order valence-corrected chi connectivity index (χ0v) is 30.7. The van der Waals surface area contributed by atoms with Crippen molar-refractivity contribution in [2.45, 2.75) is 64.5 Å². The van der Waals surface area contributed by atoms with E-state index in [1.165, 1.54) is 15.6 Å². The number of anilines is 2. The van der Waals surface area contributed by atoms with Crippen LogP contribution in [-0.2, 0) is 27.3 Å². The summed E-state index contributed by atoms with van der Waals surface area (Å²) in [7, 11) is 0. The average Bonchev–Trinajstić information content (AvgIpc) is 3.74. The van der Waals surface area contributed by atoms with Crippen LogP contribution < -0.4 is 26.2 Å². The van der Waals surface area contributed by atoms with E-state index in [0.29, 0.717) is 70.4 Å². The Morgan fingerprint density at radius 3 is 2.58 bits per heavy atom. The molecule has 0 aliphatic carbocycles. The number of unbranched alkanes of at least 4 members (excludes halogenated alkanes) is 2. The van der Waals surface area contributed by atoms with Gasteiger partial charge in [-0.1, -0.05) is 35.9 Å². The lowest BCUT2D eigenvalue weighted by molar-refractivity contribution is -0.137. The second-order valence-corrected chi connectivity index (χ2v) is 14.0. The largest absolute Gasteiger partial charge is 0.494 e. The van der Waals surface area contributed by atoms with Crippen LogP contribution in [0.5, 0.6) is 5.75 Å². The van der Waals surface area contributed by atoms with Gasteiger partial charge >= 0.3 is 0 Å². The number of benzene rings is 3. The lowest BCUT2D eigenvalue weighted by Crippen LogP contribution is -2.52. The first-order valence-electron chi connectivity index (χ1n) is 18.0. The van der Waals surface area contributed by atoms with Gasteiger partial charge < -0.3 is 20.3 Å². The molecule has 5 aromatic rings. The van der Waals surface area contributed by atoms with Crippen molar-refractivity contribution in [2.24, 2.45) is 0 Å². The molecule has 5 amide bonds. The second kappa shape index (κ2) is 16.0. The predicted octanol–water partition coefficient (Wildman–Crippen LogP) is 5.17. The quantitative estimate of drug-likeness (QED) is 0.0936. The number of amides is 5. The van der Waals surface area contributed by atoms with Crippen molar-refractivity contribution < 1.29 is 28.7 Å². The molecule has 0 saturated carbocycles. The highest BCUT2D eigenvalue weighted by Crippen LogP contribution is 2.32. The summed E-state index contributed by atoms with van der Waals surface area (Å²) >= 11 is 6.00. The Morgan fingerprint density at radius 1 is 0.982 bits per heavy atom. The molecule has 0 bridgehead atoms. The van der Waals surface area contributed by atoms with Gasteiger partial charge in [-0.15, -0.1) is 0 Å². The number of piperidine rings is 1. The Labute approximate surface area is 320 Å². The van der Waals surface area contributed by atoms with E-state index in [0.717, 1.165) is 12.0 Å². The van der Waals surface area contributed by atoms with Gasteiger partial charge in [0.15, 0.2) is 5.65 Å². The van der Waals surface area contributed by atoms with E-state index in [9.17, 15) is 28.8 Å². The Balaban J connectivity index is 0.870. The molecule has 1 atom stereocenters. The minimum absolute atomic E-state index is 0.167. The van der Waals surface area contributed by atoms with Crippen molar-refractivity contribution in [2.75, 3.05) is 17.2 Å². The maximum Gasteiger partial charge on any atom is 0.276 e. The molecule has 2 aromatic heterocycles. The van der Waals surface area contributed by atoms with Gasteiger partial charge in [-0.25, -0.2) is 9.50 Å². The van der Waals surface area contributed by atoms with Crippen molar-refractivity contribution in [1.82, 2.24) is 24.8 Å². The minimum Gasteiger partial charge on any atom is -0.494 e. The summed E-state index contributed by atoms with van der Waals surface area (Å²) in [6.45, 7) is 2.32. The molecule has 2 aliphatic heterocycles. The molecule has 55 heavy (non-hydrogen) atoms. The van der Waals surface area contributed by atoms with Gasteiger partial charge in [-0.05, 0) is 74.6 Å². The van der Waals surface area contributed by atoms with Gasteiger partial charge in [-0.3, -0.25) is 39.2 Å². The van der Waals surface area contributed by atoms with Gasteiger partial charge in [-0.2, -0.15) is 0 Å². The number of imide groups is 1. The third-order valence-corrected chi connectivity index (χ3v) is 10.0. The van der Waals surface area contributed by atoms with Gasteiger partial charge in [0.1, 0.15) is 17.4 Å². The van der Waals surface area contributed by atoms with Gasteiger partial charge in [0, 0.05) is 76.9 Å². The highest BCUT2D eigenvalue weighted by molar-refractivity contribution is 6.30. The highest BCUT2D eigenvalue weighted by atomic mass is 35.5. The van der Waals surface area contributed by atoms with E-state index >= 15 is 0 Å². The van der Waals surface area contributed by atoms with Crippen molar-refractivity contribution in [3.8, 4) is 5.75 Å². The number of aromatic nitrogens is 3. The molecule has 7 rings (SSSR count). The first-order chi connectivity index (χ1) is 26.5. The summed E-state index contributed by atoms with van der Waals surface area (Å²) < 4.78 is 7.19. The molecule has 0 radical (unpaired) electrons. The fourth-order valence-corrected chi connectivity index (χ4v) is 6.99. The topological polar surface area (TPSA) is 184 Å². The van der Waals surface area contributed by atoms with Crippen LogP contribution >= 0.6 is 11.6 Å². The van der Waals surface area contributed by atoms with Crippen LogP contribution in [-0.4, -0.2) is 61.7 Å². The first-order valence-corrected chi connectivity index (χ1v) is 18.4. The molecule has 3 aromatic carbocycles. The molecule has 4 N–H and O–H groups in total. The predicted molar refractivity (Wildman–Crippen MR) is 204 cm³/mol. The smallest absolute Gasteiger partial charge is 0.276 e. The van der Waals surface area contributed by atoms with Crippen LogP contribution in [0.1, 0.15) is 81.6 Å². The number of rotatable bonds is 13. The van der Waals surface area contributed by atoms with E-state index in [4.69, 9.17) is 16.3 Å². The molecule has 1 saturated heterocycles. The summed E-state index contributed by atoms with van der Waals surface area (Å²) in [6.07, 6.45) is 4.56. The molecule has 2 aliphatic rings. The normalized spacial score (nSPS) is 15.2. The van der Waals surface area contributed by atoms with Crippen LogP contribution in [0.4, 0.5) is 11.4 Å². The summed E-state index contributed by atoms with van der Waals surface area (Å²) in [5, 5.41) is 11.5. The Bertz CT molecular complexity index is 2390. The van der Waals surface area contributed by atoms with Crippen molar-refractivity contribution in [1.29, 1.82) is 0 Å². The first kappa shape index (κ1) is 37.1. The van der Waals surface area contributed by atoms with Crippen LogP contribution in [0.2, 0.25) is 5.02 Å². The monoisotopic (exact) mass is 763 g/mol. The fraction of sp³-hybridized carbons (Fsp3) is 0.275. The summed E-state index contributed by atoms with van der Waals surface area (Å²) in [6, 6.07) is 18.6. The molecule has 0 spiro atoms. The van der Waals surface area contributed by atoms with Gasteiger partial charge in [0.2, 0.25) is 17.7 Å². The number of hydrogen-bond acceptors (Lipinski definition) is 8. The zero-order chi connectivity index (χ0) is 38.6. The average molecular weight is 764 g/mol. The number of H-pyrrole nitrogens is 1. The summed E-state index contributed by atoms with van der Waals surface area (Å²) in [5.74, 6) is -1.20. The van der Waals surface area contributed by atoms with E-state index < -0.39 is 17.9 Å². The van der Waals surface area contributed by atoms with Crippen LogP contribution in [0.15, 0.2) is 77.7 Å². The lowest BCUT2D eigenvalue weighted by Gasteiger charge is -2.29. The fourth-order valence-electron chi connectivity index (χ4n) is 6.87. The third kappa shape index (κ3) is 8.14. The molecular formula is C40H38ClN7O7. The van der Waals surface area contributed by atoms with E-state index in [2.05, 4.69) is 26.0 Å². The molecule has 14 nitrogen and oxygen atoms in total. The standard InChI is InChI=1S/C40H38ClN7O7/c1-23-29(19-24-12-14-25(41)15-13-24)40(54)48-36(43-23)30(21-42-48)37(51)44-26-7-5-8-27(20-26)55-18-4-2-3-11-34(49)45-32-10-6-9-28-31(32)22-47(39(28)53)33-16-17-35(50)46-38(33)52/h5-10,12-15,20-21,33,42H,2-4,11,16-19,22H2,1H3,(H,44,51)(H,45,49)(H,46,50,52). The number of carbonyl (C=O) groups is 5. The SMILES string of the molecule is Cc1nc2c(C(=O)Nc3cccc(OCCCCCC(=O)Nc4cccc5c4CN(C4CCC(=O)NC4=O)C5=O)c3)c[nH]n2c(=O)c1Cc1ccc(Cl)cc1. The van der Waals surface area contributed by atoms with Crippen LogP contribution in [0.3, 0.4) is 0 Å². The van der Waals surface area contributed by atoms with Crippen LogP contribution in [0, 0.1) is 6.92 Å². The van der Waals surface area contributed by atoms with Gasteiger partial charge in [0.05, 0.1) is 6.61 Å². The maximum atomic E-state index is 13.3. The Hall–Kier alpha value is -6.28. The van der Waals surface area contributed by atoms with E-state index in [-0.39, 0.29) is 60.3 Å². The number of nitrogens with one attached hydrogen (secondary N) is 4. The number of aryl methyl sites for hydroxylation is 1. The molecular weight excluding hydrogens is 726 g/mol. The van der Waals surface area contributed by atoms with Crippen molar-refractivity contribution in [3.05, 3.63) is 122 Å². The number of fused-ring (bicyclic) bond motifs is 2. The summed E-state index contributed by atoms with van der Waals surface area (Å²) in [4.78, 5) is 82.5. The summed E-state index contributed by atoms with van der Waals surface area (Å²) in [5.41, 5.74) is 4.23. The third-order valence-electron chi connectivity index (χ3n) is 9.77. The van der Waals surface area contributed by atoms with E-state index in [1.54, 1.807) is 61.5 Å². The number of nitrogens with zero attached hydrogens (tertiary/aromatic N) is 3. The highest BCUT2D eigenvalue weighted by Gasteiger charge is 2.40. The van der Waals surface area contributed by atoms with Gasteiger partial charge in [0.25, 0.3) is 17.4 Å². The molecule has 1 unspecified atom stereocenters. The maximum absolute atomic E-state index is 13.3. The number of halogens is 1. The Kier molecular flexibility index (Phi) is 10.8. The minimum atomic E-state index is -0.730. The molecule has 4 heterocycles. The Morgan fingerprint density at radius 2 is 1.78 bits per heavy atom. The number of ether oxygens (including phenoxy) is 1. The van der Waals surface area contributed by atoms with E-state index in [1.807, 2.05) is 12.1 Å². The van der Waals surface area contributed by atoms with Crippen molar-refractivity contribution >= 4 is 58.2 Å². The lowest BCUT2D eigenvalue weighted by atomic mass is 10.0. The molecule has 15 heteroatoms. The van der Waals surface area contributed by atoms with Crippen molar-refractivity contribution in [3.63, 3.8) is 0 Å². The number of aromatic amines is 1. The zero-order valence-electron chi connectivity index (χ0n) is 29.9. The molecule has 282 valence electrons. The number of hydrogen-bond donors (Lipinski definition) is 4. The van der Waals surface area contributed by atoms with Crippen LogP contribution in [0.25, 0.3) is 5.65 Å². The molecule has 1 fully saturated rings.